The molecule has 0 saturated heterocycles. The van der Waals surface area contributed by atoms with Gasteiger partial charge < -0.3 is 9.80 Å². The first-order valence-corrected chi connectivity index (χ1v) is 8.64. The van der Waals surface area contributed by atoms with Crippen molar-refractivity contribution < 1.29 is 0 Å². The van der Waals surface area contributed by atoms with Crippen LogP contribution < -0.4 is 4.90 Å². The van der Waals surface area contributed by atoms with Crippen molar-refractivity contribution in [1.29, 1.82) is 0 Å². The zero-order chi connectivity index (χ0) is 14.9. The van der Waals surface area contributed by atoms with Crippen molar-refractivity contribution in [3.63, 3.8) is 0 Å². The van der Waals surface area contributed by atoms with Crippen LogP contribution in [0.3, 0.4) is 0 Å². The van der Waals surface area contributed by atoms with Crippen molar-refractivity contribution >= 4 is 5.69 Å². The Bertz CT molecular complexity index is 413. The molecule has 2 nitrogen and oxygen atoms in total. The molecule has 116 valence electrons. The minimum absolute atomic E-state index is 0.508. The van der Waals surface area contributed by atoms with Crippen molar-refractivity contribution in [3.8, 4) is 0 Å². The van der Waals surface area contributed by atoms with E-state index in [9.17, 15) is 0 Å². The number of anilines is 1. The lowest BCUT2D eigenvalue weighted by molar-refractivity contribution is 0.275. The molecule has 0 spiro atoms. The van der Waals surface area contributed by atoms with Gasteiger partial charge in [-0.3, -0.25) is 0 Å². The van der Waals surface area contributed by atoms with Crippen LogP contribution in [-0.4, -0.2) is 17.6 Å². The van der Waals surface area contributed by atoms with Gasteiger partial charge in [0.05, 0.1) is 0 Å². The molecule has 1 unspecified atom stereocenters. The average molecular weight is 286 g/mol. The molecule has 0 aromatic heterocycles. The van der Waals surface area contributed by atoms with Crippen molar-refractivity contribution in [2.75, 3.05) is 11.4 Å². The van der Waals surface area contributed by atoms with E-state index in [0.29, 0.717) is 6.17 Å². The monoisotopic (exact) mass is 286 g/mol. The van der Waals surface area contributed by atoms with Gasteiger partial charge in [0, 0.05) is 24.6 Å². The van der Waals surface area contributed by atoms with Crippen molar-refractivity contribution in [1.82, 2.24) is 4.90 Å². The number of hydrogen-bond acceptors (Lipinski definition) is 2. The maximum atomic E-state index is 2.54. The molecule has 0 fully saturated rings. The summed E-state index contributed by atoms with van der Waals surface area (Å²) in [6.07, 6.45) is 14.2. The Morgan fingerprint density at radius 1 is 0.857 bits per heavy atom. The minimum Gasteiger partial charge on any atom is -0.356 e. The van der Waals surface area contributed by atoms with E-state index in [1.54, 1.807) is 0 Å². The topological polar surface area (TPSA) is 6.48 Å². The molecule has 0 radical (unpaired) electrons. The Labute approximate surface area is 130 Å². The molecule has 0 saturated carbocycles. The zero-order valence-corrected chi connectivity index (χ0v) is 13.7. The number of hydrogen-bond donors (Lipinski definition) is 0. The van der Waals surface area contributed by atoms with Crippen LogP contribution in [0.15, 0.2) is 42.7 Å². The quantitative estimate of drug-likeness (QED) is 0.563. The SMILES string of the molecule is CCCCCCN1C=CN(c2ccccc2)C1CCCC. The second-order valence-corrected chi connectivity index (χ2v) is 5.96. The lowest BCUT2D eigenvalue weighted by atomic mass is 10.1. The lowest BCUT2D eigenvalue weighted by Crippen LogP contribution is -2.39. The van der Waals surface area contributed by atoms with Gasteiger partial charge in [-0.25, -0.2) is 0 Å². The van der Waals surface area contributed by atoms with Gasteiger partial charge in [0.2, 0.25) is 0 Å². The van der Waals surface area contributed by atoms with Crippen LogP contribution in [0.1, 0.15) is 58.8 Å². The molecular weight excluding hydrogens is 256 g/mol. The average Bonchev–Trinajstić information content (AvgIpc) is 2.93. The van der Waals surface area contributed by atoms with E-state index in [2.05, 4.69) is 66.4 Å². The highest BCUT2D eigenvalue weighted by atomic mass is 15.4. The number of para-hydroxylation sites is 1. The van der Waals surface area contributed by atoms with E-state index in [1.807, 2.05) is 0 Å². The highest BCUT2D eigenvalue weighted by Crippen LogP contribution is 2.27. The molecule has 21 heavy (non-hydrogen) atoms. The Hall–Kier alpha value is -1.44. The maximum Gasteiger partial charge on any atom is 0.105 e. The summed E-state index contributed by atoms with van der Waals surface area (Å²) in [5, 5.41) is 0. The molecule has 2 heteroatoms. The standard InChI is InChI=1S/C19H30N2/c1-3-5-7-11-15-20-16-17-21(19(20)14-6-4-2)18-12-9-8-10-13-18/h8-10,12-13,16-17,19H,3-7,11,14-15H2,1-2H3. The van der Waals surface area contributed by atoms with Gasteiger partial charge >= 0.3 is 0 Å². The molecule has 1 aliphatic heterocycles. The Balaban J connectivity index is 1.97. The summed E-state index contributed by atoms with van der Waals surface area (Å²) >= 11 is 0. The van der Waals surface area contributed by atoms with Crippen LogP contribution in [0.4, 0.5) is 5.69 Å². The van der Waals surface area contributed by atoms with Gasteiger partial charge in [-0.1, -0.05) is 57.7 Å². The highest BCUT2D eigenvalue weighted by Gasteiger charge is 2.26. The normalized spacial score (nSPS) is 17.7. The van der Waals surface area contributed by atoms with E-state index in [-0.39, 0.29) is 0 Å². The van der Waals surface area contributed by atoms with Crippen molar-refractivity contribution in [3.05, 3.63) is 42.7 Å². The van der Waals surface area contributed by atoms with E-state index >= 15 is 0 Å². The van der Waals surface area contributed by atoms with Gasteiger partial charge in [0.1, 0.15) is 6.17 Å². The first kappa shape index (κ1) is 15.9. The summed E-state index contributed by atoms with van der Waals surface area (Å²) in [4.78, 5) is 4.98. The van der Waals surface area contributed by atoms with Crippen LogP contribution >= 0.6 is 0 Å². The Kier molecular flexibility index (Phi) is 6.65. The van der Waals surface area contributed by atoms with Gasteiger partial charge in [-0.2, -0.15) is 0 Å². The van der Waals surface area contributed by atoms with Gasteiger partial charge in [0.25, 0.3) is 0 Å². The van der Waals surface area contributed by atoms with E-state index < -0.39 is 0 Å². The van der Waals surface area contributed by atoms with Crippen LogP contribution in [0.25, 0.3) is 0 Å². The molecule has 0 aliphatic carbocycles. The molecule has 0 amide bonds. The fourth-order valence-corrected chi connectivity index (χ4v) is 3.01. The lowest BCUT2D eigenvalue weighted by Gasteiger charge is -2.33. The number of unbranched alkanes of at least 4 members (excludes halogenated alkanes) is 4. The predicted octanol–water partition coefficient (Wildman–Crippen LogP) is 5.38. The summed E-state index contributed by atoms with van der Waals surface area (Å²) in [6, 6.07) is 10.8. The number of rotatable bonds is 9. The van der Waals surface area contributed by atoms with Crippen molar-refractivity contribution in [2.45, 2.75) is 65.0 Å². The molecule has 2 rings (SSSR count). The first-order valence-electron chi connectivity index (χ1n) is 8.64. The summed E-state index contributed by atoms with van der Waals surface area (Å²) in [5.41, 5.74) is 1.31. The Morgan fingerprint density at radius 2 is 1.62 bits per heavy atom. The smallest absolute Gasteiger partial charge is 0.105 e. The molecule has 1 aromatic carbocycles. The second-order valence-electron chi connectivity index (χ2n) is 5.96. The summed E-state index contributed by atoms with van der Waals surface area (Å²) in [6.45, 7) is 5.74. The zero-order valence-electron chi connectivity index (χ0n) is 13.7. The van der Waals surface area contributed by atoms with E-state index in [4.69, 9.17) is 0 Å². The molecule has 1 heterocycles. The number of nitrogens with zero attached hydrogens (tertiary/aromatic N) is 2. The minimum atomic E-state index is 0.508. The van der Waals surface area contributed by atoms with Gasteiger partial charge in [-0.05, 0) is 31.4 Å². The van der Waals surface area contributed by atoms with Gasteiger partial charge in [0.15, 0.2) is 0 Å². The predicted molar refractivity (Wildman–Crippen MR) is 92.2 cm³/mol. The van der Waals surface area contributed by atoms with Crippen LogP contribution in [-0.2, 0) is 0 Å². The third kappa shape index (κ3) is 4.52. The third-order valence-electron chi connectivity index (χ3n) is 4.26. The van der Waals surface area contributed by atoms with E-state index in [0.717, 1.165) is 0 Å². The Morgan fingerprint density at radius 3 is 2.33 bits per heavy atom. The van der Waals surface area contributed by atoms with Crippen LogP contribution in [0, 0.1) is 0 Å². The molecule has 1 atom stereocenters. The fraction of sp³-hybridized carbons (Fsp3) is 0.579. The maximum absolute atomic E-state index is 2.54. The second kappa shape index (κ2) is 8.76. The van der Waals surface area contributed by atoms with Gasteiger partial charge in [-0.15, -0.1) is 0 Å². The van der Waals surface area contributed by atoms with Crippen molar-refractivity contribution in [2.24, 2.45) is 0 Å². The molecule has 1 aromatic rings. The molecule has 0 N–H and O–H groups in total. The van der Waals surface area contributed by atoms with E-state index in [1.165, 1.54) is 57.2 Å². The summed E-state index contributed by atoms with van der Waals surface area (Å²) in [7, 11) is 0. The summed E-state index contributed by atoms with van der Waals surface area (Å²) in [5.74, 6) is 0. The molecule has 0 bridgehead atoms. The summed E-state index contributed by atoms with van der Waals surface area (Å²) < 4.78 is 0. The number of benzene rings is 1. The largest absolute Gasteiger partial charge is 0.356 e. The first-order chi connectivity index (χ1) is 10.4. The molecule has 1 aliphatic rings. The fourth-order valence-electron chi connectivity index (χ4n) is 3.01. The highest BCUT2D eigenvalue weighted by molar-refractivity contribution is 5.51. The molecular formula is C19H30N2. The third-order valence-corrected chi connectivity index (χ3v) is 4.26. The van der Waals surface area contributed by atoms with Crippen LogP contribution in [0.2, 0.25) is 0 Å². The van der Waals surface area contributed by atoms with Crippen LogP contribution in [0.5, 0.6) is 0 Å².